The van der Waals surface area contributed by atoms with E-state index >= 15 is 0 Å². The molecule has 1 aromatic carbocycles. The van der Waals surface area contributed by atoms with E-state index in [1.807, 2.05) is 27.7 Å². The Hall–Kier alpha value is -1.11. The minimum atomic E-state index is -1.22. The summed E-state index contributed by atoms with van der Waals surface area (Å²) in [5, 5.41) is 0. The van der Waals surface area contributed by atoms with Gasteiger partial charge in [0, 0.05) is 17.4 Å². The van der Waals surface area contributed by atoms with Crippen LogP contribution in [-0.4, -0.2) is 14.3 Å². The molecule has 0 radical (unpaired) electrons. The van der Waals surface area contributed by atoms with Crippen LogP contribution in [0.5, 0.6) is 0 Å². The van der Waals surface area contributed by atoms with Crippen LogP contribution in [0.15, 0.2) is 22.6 Å². The van der Waals surface area contributed by atoms with Crippen LogP contribution in [-0.2, 0) is 11.4 Å². The van der Waals surface area contributed by atoms with Crippen LogP contribution in [0.4, 0.5) is 4.39 Å². The Labute approximate surface area is 114 Å². The monoisotopic (exact) mass is 284 g/mol. The van der Waals surface area contributed by atoms with Crippen LogP contribution in [0.2, 0.25) is 0 Å². The third-order valence-corrected chi connectivity index (χ3v) is 4.26. The molecule has 2 unspecified atom stereocenters. The van der Waals surface area contributed by atoms with Crippen LogP contribution in [0.1, 0.15) is 39.6 Å². The molecule has 19 heavy (non-hydrogen) atoms. The molecule has 0 amide bonds. The highest BCUT2D eigenvalue weighted by Gasteiger charge is 2.29. The van der Waals surface area contributed by atoms with Crippen molar-refractivity contribution in [2.24, 2.45) is 0 Å². The van der Waals surface area contributed by atoms with E-state index in [0.717, 1.165) is 0 Å². The number of fused-ring (bicyclic) bond motifs is 1. The minimum absolute atomic E-state index is 0.310. The second-order valence-electron chi connectivity index (χ2n) is 5.38. The number of nitrogens with zero attached hydrogens (tertiary/aromatic N) is 1. The average molecular weight is 284 g/mol. The van der Waals surface area contributed by atoms with Gasteiger partial charge in [-0.2, -0.15) is 0 Å². The summed E-state index contributed by atoms with van der Waals surface area (Å²) in [6.45, 7) is 7.45. The molecule has 4 nitrogen and oxygen atoms in total. The fourth-order valence-electron chi connectivity index (χ4n) is 1.49. The van der Waals surface area contributed by atoms with Crippen molar-refractivity contribution in [3.8, 4) is 0 Å². The summed E-state index contributed by atoms with van der Waals surface area (Å²) < 4.78 is 33.1. The van der Waals surface area contributed by atoms with Gasteiger partial charge in [0.15, 0.2) is 5.58 Å². The molecule has 2 aromatic rings. The molecule has 1 N–H and O–H groups in total. The summed E-state index contributed by atoms with van der Waals surface area (Å²) in [7, 11) is 0. The Morgan fingerprint density at radius 1 is 1.42 bits per heavy atom. The second-order valence-corrected chi connectivity index (χ2v) is 7.38. The fourth-order valence-corrected chi connectivity index (χ4v) is 2.27. The van der Waals surface area contributed by atoms with Crippen molar-refractivity contribution in [3.05, 3.63) is 29.9 Å². The van der Waals surface area contributed by atoms with Crippen molar-refractivity contribution < 1.29 is 13.4 Å². The summed E-state index contributed by atoms with van der Waals surface area (Å²) >= 11 is -1.22. The van der Waals surface area contributed by atoms with E-state index in [9.17, 15) is 8.94 Å². The molecule has 0 aliphatic carbocycles. The molecule has 0 saturated carbocycles. The van der Waals surface area contributed by atoms with Gasteiger partial charge >= 0.3 is 0 Å². The van der Waals surface area contributed by atoms with Crippen LogP contribution in [0, 0.1) is 5.82 Å². The van der Waals surface area contributed by atoms with E-state index in [4.69, 9.17) is 4.42 Å². The average Bonchev–Trinajstić information content (AvgIpc) is 2.70. The lowest BCUT2D eigenvalue weighted by Crippen LogP contribution is -2.40. The number of aromatic nitrogens is 1. The first-order valence-corrected chi connectivity index (χ1v) is 7.16. The number of oxazole rings is 1. The zero-order chi connectivity index (χ0) is 14.2. The fraction of sp³-hybridized carbons (Fsp3) is 0.462. The predicted octanol–water partition coefficient (Wildman–Crippen LogP) is 3.08. The number of benzene rings is 1. The Kier molecular flexibility index (Phi) is 3.85. The van der Waals surface area contributed by atoms with Gasteiger partial charge in [-0.25, -0.2) is 9.37 Å². The van der Waals surface area contributed by atoms with Crippen LogP contribution >= 0.6 is 0 Å². The maximum atomic E-state index is 13.1. The van der Waals surface area contributed by atoms with Crippen molar-refractivity contribution >= 4 is 22.5 Å². The first kappa shape index (κ1) is 14.3. The van der Waals surface area contributed by atoms with Gasteiger partial charge in [-0.3, -0.25) is 0 Å². The summed E-state index contributed by atoms with van der Waals surface area (Å²) in [5.74, 6) is 0.0458. The molecule has 0 aliphatic heterocycles. The van der Waals surface area contributed by atoms with Gasteiger partial charge in [-0.15, -0.1) is 4.72 Å². The topological polar surface area (TPSA) is 61.1 Å². The van der Waals surface area contributed by atoms with Gasteiger partial charge in [0.05, 0.1) is 0 Å². The second kappa shape index (κ2) is 5.11. The van der Waals surface area contributed by atoms with Crippen molar-refractivity contribution in [2.75, 3.05) is 0 Å². The zero-order valence-corrected chi connectivity index (χ0v) is 12.2. The van der Waals surface area contributed by atoms with E-state index in [1.165, 1.54) is 18.2 Å². The van der Waals surface area contributed by atoms with Gasteiger partial charge in [-0.05, 0) is 39.8 Å². The zero-order valence-electron chi connectivity index (χ0n) is 11.4. The van der Waals surface area contributed by atoms with Gasteiger partial charge < -0.3 is 8.97 Å². The highest BCUT2D eigenvalue weighted by molar-refractivity contribution is 7.90. The lowest BCUT2D eigenvalue weighted by Gasteiger charge is -2.25. The maximum Gasteiger partial charge on any atom is 0.216 e. The van der Waals surface area contributed by atoms with Gasteiger partial charge in [-0.1, -0.05) is 0 Å². The normalized spacial score (nSPS) is 15.7. The smallest absolute Gasteiger partial charge is 0.216 e. The summed E-state index contributed by atoms with van der Waals surface area (Å²) in [6.07, 6.45) is 0. The molecule has 0 saturated heterocycles. The van der Waals surface area contributed by atoms with E-state index in [2.05, 4.69) is 9.71 Å². The number of hydrogen-bond acceptors (Lipinski definition) is 4. The molecular weight excluding hydrogens is 267 g/mol. The van der Waals surface area contributed by atoms with E-state index in [0.29, 0.717) is 17.0 Å². The minimum Gasteiger partial charge on any atom is -0.598 e. The molecule has 1 heterocycles. The summed E-state index contributed by atoms with van der Waals surface area (Å²) in [4.78, 5) is 4.20. The Morgan fingerprint density at radius 2 is 2.11 bits per heavy atom. The molecule has 2 rings (SSSR count). The van der Waals surface area contributed by atoms with Crippen LogP contribution in [0.3, 0.4) is 0 Å². The largest absolute Gasteiger partial charge is 0.598 e. The molecular formula is C13H17FN2O2S. The number of hydrogen-bond donors (Lipinski definition) is 1. The molecule has 104 valence electrons. The quantitative estimate of drug-likeness (QED) is 0.880. The third-order valence-electron chi connectivity index (χ3n) is 2.58. The molecule has 1 aromatic heterocycles. The Bertz CT molecular complexity index is 580. The predicted molar refractivity (Wildman–Crippen MR) is 73.4 cm³/mol. The number of nitrogens with one attached hydrogen (secondary N) is 1. The highest BCUT2D eigenvalue weighted by atomic mass is 32.2. The molecule has 6 heteroatoms. The van der Waals surface area contributed by atoms with Gasteiger partial charge in [0.2, 0.25) is 5.89 Å². The summed E-state index contributed by atoms with van der Waals surface area (Å²) in [5.41, 5.74) is 0.983. The van der Waals surface area contributed by atoms with Crippen LogP contribution < -0.4 is 4.72 Å². The van der Waals surface area contributed by atoms with E-state index < -0.39 is 11.4 Å². The molecule has 0 spiro atoms. The first-order valence-electron chi connectivity index (χ1n) is 6.01. The van der Waals surface area contributed by atoms with Crippen molar-refractivity contribution in [3.63, 3.8) is 0 Å². The Morgan fingerprint density at radius 3 is 2.74 bits per heavy atom. The Balaban J connectivity index is 2.20. The van der Waals surface area contributed by atoms with E-state index in [-0.39, 0.29) is 16.6 Å². The SMILES string of the molecule is CC(N[S+]([O-])C(C)(C)C)c1nc2cc(F)ccc2o1. The van der Waals surface area contributed by atoms with Crippen molar-refractivity contribution in [1.82, 2.24) is 9.71 Å². The van der Waals surface area contributed by atoms with Gasteiger partial charge in [0.1, 0.15) is 22.1 Å². The van der Waals surface area contributed by atoms with Gasteiger partial charge in [0.25, 0.3) is 0 Å². The molecule has 2 atom stereocenters. The van der Waals surface area contributed by atoms with E-state index in [1.54, 1.807) is 0 Å². The number of rotatable bonds is 3. The highest BCUT2D eigenvalue weighted by Crippen LogP contribution is 2.23. The van der Waals surface area contributed by atoms with Crippen molar-refractivity contribution in [1.29, 1.82) is 0 Å². The molecule has 0 fully saturated rings. The number of halogens is 1. The lowest BCUT2D eigenvalue weighted by molar-refractivity contribution is 0.460. The lowest BCUT2D eigenvalue weighted by atomic mass is 10.3. The third kappa shape index (κ3) is 3.26. The first-order chi connectivity index (χ1) is 8.77. The van der Waals surface area contributed by atoms with Crippen molar-refractivity contribution in [2.45, 2.75) is 38.5 Å². The van der Waals surface area contributed by atoms with Crippen LogP contribution in [0.25, 0.3) is 11.1 Å². The maximum absolute atomic E-state index is 13.1. The summed E-state index contributed by atoms with van der Waals surface area (Å²) in [6, 6.07) is 3.86. The molecule has 0 aliphatic rings. The molecule has 0 bridgehead atoms. The standard InChI is InChI=1S/C13H17FN2O2S/c1-8(16-19(17)13(2,3)4)12-15-10-7-9(14)5-6-11(10)18-12/h5-8,16H,1-4H3.